The Balaban J connectivity index is 2.30. The molecule has 5 nitrogen and oxygen atoms in total. The van der Waals surface area contributed by atoms with Crippen molar-refractivity contribution in [2.24, 2.45) is 0 Å². The van der Waals surface area contributed by atoms with Gasteiger partial charge in [0.05, 0.1) is 0 Å². The Morgan fingerprint density at radius 2 is 2.21 bits per heavy atom. The highest BCUT2D eigenvalue weighted by atomic mass is 16.2. The Labute approximate surface area is 113 Å². The van der Waals surface area contributed by atoms with Crippen molar-refractivity contribution in [2.45, 2.75) is 45.7 Å². The molecule has 0 aliphatic heterocycles. The summed E-state index contributed by atoms with van der Waals surface area (Å²) >= 11 is 0. The van der Waals surface area contributed by atoms with Gasteiger partial charge in [-0.1, -0.05) is 19.4 Å². The number of hydrogen-bond acceptors (Lipinski definition) is 3. The molecule has 1 heterocycles. The first-order chi connectivity index (χ1) is 9.13. The predicted molar refractivity (Wildman–Crippen MR) is 73.2 cm³/mol. The number of unbranched alkanes of at least 4 members (excludes halogenated alkanes) is 1. The molecule has 5 heteroatoms. The summed E-state index contributed by atoms with van der Waals surface area (Å²) < 4.78 is 0. The topological polar surface area (TPSA) is 71.1 Å². The Morgan fingerprint density at radius 1 is 1.42 bits per heavy atom. The van der Waals surface area contributed by atoms with E-state index in [0.717, 1.165) is 18.4 Å². The van der Waals surface area contributed by atoms with Gasteiger partial charge in [-0.2, -0.15) is 0 Å². The van der Waals surface area contributed by atoms with Crippen molar-refractivity contribution in [3.05, 3.63) is 30.1 Å². The van der Waals surface area contributed by atoms with Crippen LogP contribution < -0.4 is 10.6 Å². The number of hydrogen-bond donors (Lipinski definition) is 2. The van der Waals surface area contributed by atoms with E-state index in [1.807, 2.05) is 19.1 Å². The number of amides is 2. The minimum absolute atomic E-state index is 0.0779. The van der Waals surface area contributed by atoms with Gasteiger partial charge in [-0.25, -0.2) is 0 Å². The Bertz CT molecular complexity index is 406. The normalized spacial score (nSPS) is 11.7. The predicted octanol–water partition coefficient (Wildman–Crippen LogP) is 1.39. The molecule has 0 bridgehead atoms. The molecule has 0 spiro atoms. The van der Waals surface area contributed by atoms with E-state index in [9.17, 15) is 9.59 Å². The van der Waals surface area contributed by atoms with Crippen molar-refractivity contribution >= 4 is 11.8 Å². The van der Waals surface area contributed by atoms with E-state index in [1.54, 1.807) is 19.3 Å². The van der Waals surface area contributed by atoms with Gasteiger partial charge in [0.2, 0.25) is 11.8 Å². The van der Waals surface area contributed by atoms with E-state index in [4.69, 9.17) is 0 Å². The number of rotatable bonds is 7. The van der Waals surface area contributed by atoms with Crippen molar-refractivity contribution in [3.8, 4) is 0 Å². The monoisotopic (exact) mass is 263 g/mol. The van der Waals surface area contributed by atoms with Crippen LogP contribution in [0.2, 0.25) is 0 Å². The standard InChI is InChI=1S/C14H21N3O2/c1-3-4-7-13(18)17-11(2)14(19)16-10-12-6-5-8-15-9-12/h5-6,8-9,11H,3-4,7,10H2,1-2H3,(H,16,19)(H,17,18)/t11-/m0/s1. The second-order valence-electron chi connectivity index (χ2n) is 4.47. The van der Waals surface area contributed by atoms with Gasteiger partial charge in [-0.15, -0.1) is 0 Å². The number of aromatic nitrogens is 1. The summed E-state index contributed by atoms with van der Waals surface area (Å²) in [7, 11) is 0. The highest BCUT2D eigenvalue weighted by Gasteiger charge is 2.14. The SMILES string of the molecule is CCCCC(=O)N[C@@H](C)C(=O)NCc1cccnc1. The highest BCUT2D eigenvalue weighted by Crippen LogP contribution is 1.96. The lowest BCUT2D eigenvalue weighted by atomic mass is 10.2. The number of nitrogens with one attached hydrogen (secondary N) is 2. The number of pyridine rings is 1. The zero-order valence-electron chi connectivity index (χ0n) is 11.5. The minimum Gasteiger partial charge on any atom is -0.350 e. The summed E-state index contributed by atoms with van der Waals surface area (Å²) in [6.45, 7) is 4.13. The average Bonchev–Trinajstić information content (AvgIpc) is 2.43. The van der Waals surface area contributed by atoms with E-state index in [2.05, 4.69) is 15.6 Å². The van der Waals surface area contributed by atoms with Gasteiger partial charge in [0.15, 0.2) is 0 Å². The molecule has 19 heavy (non-hydrogen) atoms. The zero-order valence-corrected chi connectivity index (χ0v) is 11.5. The lowest BCUT2D eigenvalue weighted by molar-refractivity contribution is -0.128. The van der Waals surface area contributed by atoms with Gasteiger partial charge in [-0.3, -0.25) is 14.6 Å². The van der Waals surface area contributed by atoms with Gasteiger partial charge >= 0.3 is 0 Å². The molecular weight excluding hydrogens is 242 g/mol. The van der Waals surface area contributed by atoms with Gasteiger partial charge in [0, 0.05) is 25.4 Å². The van der Waals surface area contributed by atoms with E-state index in [1.165, 1.54) is 0 Å². The lowest BCUT2D eigenvalue weighted by Gasteiger charge is -2.14. The zero-order chi connectivity index (χ0) is 14.1. The van der Waals surface area contributed by atoms with Crippen LogP contribution in [0.5, 0.6) is 0 Å². The molecular formula is C14H21N3O2. The first-order valence-corrected chi connectivity index (χ1v) is 6.59. The maximum atomic E-state index is 11.8. The van der Waals surface area contributed by atoms with Crippen molar-refractivity contribution in [3.63, 3.8) is 0 Å². The van der Waals surface area contributed by atoms with Crippen LogP contribution in [0.25, 0.3) is 0 Å². The van der Waals surface area contributed by atoms with Gasteiger partial charge in [-0.05, 0) is 25.0 Å². The van der Waals surface area contributed by atoms with Crippen LogP contribution in [0.4, 0.5) is 0 Å². The van der Waals surface area contributed by atoms with Crippen LogP contribution in [0.1, 0.15) is 38.7 Å². The molecule has 0 saturated heterocycles. The summed E-state index contributed by atoms with van der Waals surface area (Å²) in [4.78, 5) is 27.2. The third-order valence-corrected chi connectivity index (χ3v) is 2.72. The highest BCUT2D eigenvalue weighted by molar-refractivity contribution is 5.87. The number of carbonyl (C=O) groups excluding carboxylic acids is 2. The quantitative estimate of drug-likeness (QED) is 0.781. The number of nitrogens with zero attached hydrogens (tertiary/aromatic N) is 1. The van der Waals surface area contributed by atoms with E-state index < -0.39 is 6.04 Å². The number of carbonyl (C=O) groups is 2. The van der Waals surface area contributed by atoms with E-state index in [0.29, 0.717) is 13.0 Å². The fraction of sp³-hybridized carbons (Fsp3) is 0.500. The van der Waals surface area contributed by atoms with Crippen LogP contribution >= 0.6 is 0 Å². The van der Waals surface area contributed by atoms with E-state index >= 15 is 0 Å². The first kappa shape index (κ1) is 15.1. The minimum atomic E-state index is -0.513. The molecule has 0 aliphatic rings. The summed E-state index contributed by atoms with van der Waals surface area (Å²) in [5.74, 6) is -0.264. The second kappa shape index (κ2) is 8.24. The van der Waals surface area contributed by atoms with E-state index in [-0.39, 0.29) is 11.8 Å². The van der Waals surface area contributed by atoms with Crippen LogP contribution in [-0.2, 0) is 16.1 Å². The molecule has 0 saturated carbocycles. The van der Waals surface area contributed by atoms with Crippen LogP contribution in [0.15, 0.2) is 24.5 Å². The molecule has 0 radical (unpaired) electrons. The van der Waals surface area contributed by atoms with Gasteiger partial charge in [0.1, 0.15) is 6.04 Å². The Kier molecular flexibility index (Phi) is 6.57. The molecule has 0 fully saturated rings. The summed E-state index contributed by atoms with van der Waals surface area (Å²) in [6.07, 6.45) is 5.66. The molecule has 1 atom stereocenters. The van der Waals surface area contributed by atoms with Crippen molar-refractivity contribution in [2.75, 3.05) is 0 Å². The smallest absolute Gasteiger partial charge is 0.242 e. The molecule has 104 valence electrons. The first-order valence-electron chi connectivity index (χ1n) is 6.59. The second-order valence-corrected chi connectivity index (χ2v) is 4.47. The molecule has 2 N–H and O–H groups in total. The van der Waals surface area contributed by atoms with Crippen LogP contribution in [-0.4, -0.2) is 22.8 Å². The Morgan fingerprint density at radius 3 is 2.84 bits per heavy atom. The fourth-order valence-corrected chi connectivity index (χ4v) is 1.56. The molecule has 1 aromatic heterocycles. The largest absolute Gasteiger partial charge is 0.350 e. The van der Waals surface area contributed by atoms with Gasteiger partial charge in [0.25, 0.3) is 0 Å². The molecule has 1 rings (SSSR count). The van der Waals surface area contributed by atoms with Crippen molar-refractivity contribution in [1.82, 2.24) is 15.6 Å². The summed E-state index contributed by atoms with van der Waals surface area (Å²) in [5, 5.41) is 5.45. The van der Waals surface area contributed by atoms with Crippen molar-refractivity contribution in [1.29, 1.82) is 0 Å². The average molecular weight is 263 g/mol. The maximum Gasteiger partial charge on any atom is 0.242 e. The fourth-order valence-electron chi connectivity index (χ4n) is 1.56. The van der Waals surface area contributed by atoms with Crippen LogP contribution in [0, 0.1) is 0 Å². The molecule has 0 unspecified atom stereocenters. The Hall–Kier alpha value is -1.91. The molecule has 1 aromatic rings. The van der Waals surface area contributed by atoms with Crippen LogP contribution in [0.3, 0.4) is 0 Å². The molecule has 0 aliphatic carbocycles. The van der Waals surface area contributed by atoms with Crippen molar-refractivity contribution < 1.29 is 9.59 Å². The lowest BCUT2D eigenvalue weighted by Crippen LogP contribution is -2.44. The third kappa shape index (κ3) is 5.99. The third-order valence-electron chi connectivity index (χ3n) is 2.72. The molecule has 2 amide bonds. The molecule has 0 aromatic carbocycles. The summed E-state index contributed by atoms with van der Waals surface area (Å²) in [5.41, 5.74) is 0.931. The summed E-state index contributed by atoms with van der Waals surface area (Å²) in [6, 6.07) is 3.19. The maximum absolute atomic E-state index is 11.8. The van der Waals surface area contributed by atoms with Gasteiger partial charge < -0.3 is 10.6 Å².